The Labute approximate surface area is 140 Å². The van der Waals surface area contributed by atoms with E-state index in [9.17, 15) is 4.79 Å². The van der Waals surface area contributed by atoms with Gasteiger partial charge in [0.2, 0.25) is 0 Å². The molecule has 1 atom stereocenters. The number of rotatable bonds is 2. The molecule has 1 unspecified atom stereocenters. The first-order chi connectivity index (χ1) is 10.1. The molecule has 3 rings (SSSR count). The smallest absolute Gasteiger partial charge is 0.253 e. The molecule has 0 bridgehead atoms. The Morgan fingerprint density at radius 1 is 1.29 bits per heavy atom. The maximum Gasteiger partial charge on any atom is 0.253 e. The quantitative estimate of drug-likeness (QED) is 0.811. The van der Waals surface area contributed by atoms with Gasteiger partial charge < -0.3 is 4.90 Å². The molecule has 1 N–H and O–H groups in total. The van der Waals surface area contributed by atoms with Crippen molar-refractivity contribution in [1.29, 1.82) is 0 Å². The Balaban J connectivity index is 1.78. The van der Waals surface area contributed by atoms with Crippen LogP contribution in [0.4, 0.5) is 0 Å². The number of nitrogens with zero attached hydrogens (tertiary/aromatic N) is 2. The van der Waals surface area contributed by atoms with Crippen molar-refractivity contribution in [1.82, 2.24) is 15.1 Å². The predicted molar refractivity (Wildman–Crippen MR) is 88.3 cm³/mol. The van der Waals surface area contributed by atoms with Gasteiger partial charge >= 0.3 is 0 Å². The highest BCUT2D eigenvalue weighted by Crippen LogP contribution is 2.27. The zero-order valence-electron chi connectivity index (χ0n) is 11.4. The highest BCUT2D eigenvalue weighted by molar-refractivity contribution is 9.11. The summed E-state index contributed by atoms with van der Waals surface area (Å²) in [5.41, 5.74) is 1.82. The fraction of sp³-hybridized carbons (Fsp3) is 0.333. The number of nitrogens with one attached hydrogen (secondary N) is 1. The third-order valence-electron chi connectivity index (χ3n) is 3.78. The predicted octanol–water partition coefficient (Wildman–Crippen LogP) is 3.95. The summed E-state index contributed by atoms with van der Waals surface area (Å²) in [6, 6.07) is 7.66. The van der Waals surface area contributed by atoms with Crippen LogP contribution in [0.2, 0.25) is 0 Å². The Hall–Kier alpha value is -1.14. The van der Waals surface area contributed by atoms with Gasteiger partial charge in [-0.1, -0.05) is 31.9 Å². The van der Waals surface area contributed by atoms with Crippen LogP contribution in [0.15, 0.2) is 39.4 Å². The molecule has 6 heteroatoms. The lowest BCUT2D eigenvalue weighted by atomic mass is 9.94. The molecular formula is C15H15Br2N3O. The second kappa shape index (κ2) is 6.32. The molecule has 1 saturated heterocycles. The summed E-state index contributed by atoms with van der Waals surface area (Å²) in [5.74, 6) is 0.432. The zero-order chi connectivity index (χ0) is 14.8. The molecule has 0 saturated carbocycles. The summed E-state index contributed by atoms with van der Waals surface area (Å²) in [7, 11) is 0. The molecule has 1 aromatic heterocycles. The number of carbonyl (C=O) groups excluding carboxylic acids is 1. The Kier molecular flexibility index (Phi) is 4.45. The number of H-pyrrole nitrogens is 1. The summed E-state index contributed by atoms with van der Waals surface area (Å²) < 4.78 is 1.81. The van der Waals surface area contributed by atoms with Crippen LogP contribution in [0.25, 0.3) is 0 Å². The van der Waals surface area contributed by atoms with Gasteiger partial charge in [0.1, 0.15) is 0 Å². The van der Waals surface area contributed by atoms with E-state index in [1.54, 1.807) is 6.20 Å². The van der Waals surface area contributed by atoms with Crippen molar-refractivity contribution in [3.63, 3.8) is 0 Å². The second-order valence-corrected chi connectivity index (χ2v) is 7.09. The average Bonchev–Trinajstić information content (AvgIpc) is 3.00. The topological polar surface area (TPSA) is 49.0 Å². The Morgan fingerprint density at radius 2 is 2.05 bits per heavy atom. The van der Waals surface area contributed by atoms with Crippen LogP contribution >= 0.6 is 31.9 Å². The van der Waals surface area contributed by atoms with E-state index >= 15 is 0 Å². The summed E-state index contributed by atoms with van der Waals surface area (Å²) in [5, 5.41) is 7.03. The monoisotopic (exact) mass is 411 g/mol. The summed E-state index contributed by atoms with van der Waals surface area (Å²) in [4.78, 5) is 14.6. The normalized spacial score (nSPS) is 18.8. The minimum Gasteiger partial charge on any atom is -0.338 e. The molecule has 110 valence electrons. The van der Waals surface area contributed by atoms with Gasteiger partial charge in [-0.15, -0.1) is 0 Å². The lowest BCUT2D eigenvalue weighted by Crippen LogP contribution is -2.39. The third kappa shape index (κ3) is 3.37. The summed E-state index contributed by atoms with van der Waals surface area (Å²) in [6.07, 6.45) is 3.88. The number of likely N-dealkylation sites (tertiary alicyclic amines) is 1. The van der Waals surface area contributed by atoms with Crippen molar-refractivity contribution in [3.8, 4) is 0 Å². The van der Waals surface area contributed by atoms with Gasteiger partial charge in [-0.3, -0.25) is 9.89 Å². The van der Waals surface area contributed by atoms with Gasteiger partial charge in [-0.05, 0) is 37.1 Å². The lowest BCUT2D eigenvalue weighted by Gasteiger charge is -2.32. The first-order valence-corrected chi connectivity index (χ1v) is 8.47. The van der Waals surface area contributed by atoms with Gasteiger partial charge in [-0.2, -0.15) is 5.10 Å². The van der Waals surface area contributed by atoms with E-state index in [-0.39, 0.29) is 5.91 Å². The van der Waals surface area contributed by atoms with Crippen LogP contribution in [0, 0.1) is 0 Å². The SMILES string of the molecule is O=C(c1cc(Br)cc(Br)c1)N1CCCC(c2ccn[nH]2)C1. The zero-order valence-corrected chi connectivity index (χ0v) is 14.5. The van der Waals surface area contributed by atoms with E-state index in [4.69, 9.17) is 0 Å². The Morgan fingerprint density at radius 3 is 2.71 bits per heavy atom. The third-order valence-corrected chi connectivity index (χ3v) is 4.70. The molecule has 1 aromatic carbocycles. The van der Waals surface area contributed by atoms with E-state index in [1.807, 2.05) is 29.2 Å². The Bertz CT molecular complexity index is 622. The molecule has 0 spiro atoms. The number of piperidine rings is 1. The molecule has 2 heterocycles. The van der Waals surface area contributed by atoms with Gasteiger partial charge in [0.15, 0.2) is 0 Å². The van der Waals surface area contributed by atoms with E-state index < -0.39 is 0 Å². The van der Waals surface area contributed by atoms with Crippen molar-refractivity contribution in [3.05, 3.63) is 50.7 Å². The first-order valence-electron chi connectivity index (χ1n) is 6.88. The minimum atomic E-state index is 0.0845. The fourth-order valence-electron chi connectivity index (χ4n) is 2.77. The number of amides is 1. The number of aromatic nitrogens is 2. The minimum absolute atomic E-state index is 0.0845. The van der Waals surface area contributed by atoms with Crippen molar-refractivity contribution >= 4 is 37.8 Å². The molecule has 1 aliphatic heterocycles. The highest BCUT2D eigenvalue weighted by atomic mass is 79.9. The van der Waals surface area contributed by atoms with E-state index in [0.717, 1.165) is 40.6 Å². The van der Waals surface area contributed by atoms with Crippen molar-refractivity contribution < 1.29 is 4.79 Å². The first kappa shape index (κ1) is 14.8. The van der Waals surface area contributed by atoms with Crippen LogP contribution in [-0.2, 0) is 0 Å². The number of aromatic amines is 1. The molecule has 21 heavy (non-hydrogen) atoms. The molecule has 0 aliphatic carbocycles. The number of benzene rings is 1. The van der Waals surface area contributed by atoms with E-state index in [0.29, 0.717) is 11.5 Å². The number of hydrogen-bond acceptors (Lipinski definition) is 2. The number of hydrogen-bond donors (Lipinski definition) is 1. The second-order valence-electron chi connectivity index (χ2n) is 5.26. The highest BCUT2D eigenvalue weighted by Gasteiger charge is 2.26. The van der Waals surface area contributed by atoms with Crippen LogP contribution in [0.1, 0.15) is 34.8 Å². The van der Waals surface area contributed by atoms with E-state index in [2.05, 4.69) is 42.1 Å². The standard InChI is InChI=1S/C15H15Br2N3O/c16-12-6-11(7-13(17)8-12)15(21)20-5-1-2-10(9-20)14-3-4-18-19-14/h3-4,6-8,10H,1-2,5,9H2,(H,18,19). The lowest BCUT2D eigenvalue weighted by molar-refractivity contribution is 0.0705. The summed E-state index contributed by atoms with van der Waals surface area (Å²) in [6.45, 7) is 1.55. The van der Waals surface area contributed by atoms with Gasteiger partial charge in [0.25, 0.3) is 5.91 Å². The van der Waals surface area contributed by atoms with Crippen molar-refractivity contribution in [2.45, 2.75) is 18.8 Å². The van der Waals surface area contributed by atoms with Gasteiger partial charge in [-0.25, -0.2) is 0 Å². The van der Waals surface area contributed by atoms with Crippen molar-refractivity contribution in [2.24, 2.45) is 0 Å². The average molecular weight is 413 g/mol. The van der Waals surface area contributed by atoms with E-state index in [1.165, 1.54) is 0 Å². The molecular weight excluding hydrogens is 398 g/mol. The molecule has 1 amide bonds. The van der Waals surface area contributed by atoms with Gasteiger partial charge in [0.05, 0.1) is 0 Å². The fourth-order valence-corrected chi connectivity index (χ4v) is 4.06. The van der Waals surface area contributed by atoms with Crippen LogP contribution in [0.5, 0.6) is 0 Å². The van der Waals surface area contributed by atoms with Crippen molar-refractivity contribution in [2.75, 3.05) is 13.1 Å². The number of carbonyl (C=O) groups is 1. The van der Waals surface area contributed by atoms with Gasteiger partial charge in [0, 0.05) is 45.4 Å². The molecule has 2 aromatic rings. The maximum absolute atomic E-state index is 12.7. The molecule has 0 radical (unpaired) electrons. The van der Waals surface area contributed by atoms with Crippen LogP contribution < -0.4 is 0 Å². The van der Waals surface area contributed by atoms with Crippen LogP contribution in [-0.4, -0.2) is 34.1 Å². The molecule has 4 nitrogen and oxygen atoms in total. The molecule has 1 aliphatic rings. The van der Waals surface area contributed by atoms with Crippen LogP contribution in [0.3, 0.4) is 0 Å². The summed E-state index contributed by atoms with van der Waals surface area (Å²) >= 11 is 6.87. The molecule has 1 fully saturated rings. The maximum atomic E-state index is 12.7. The number of halogens is 2. The largest absolute Gasteiger partial charge is 0.338 e.